The highest BCUT2D eigenvalue weighted by molar-refractivity contribution is 7.84. The van der Waals surface area contributed by atoms with Crippen LogP contribution in [0.5, 0.6) is 5.75 Å². The van der Waals surface area contributed by atoms with Gasteiger partial charge in [0.05, 0.1) is 13.7 Å². The van der Waals surface area contributed by atoms with Crippen molar-refractivity contribution in [3.8, 4) is 5.75 Å². The molecule has 2 aromatic carbocycles. The standard InChI is InChI=1S/C16H19N3O2S/c1-21-14-7-5-13(6-8-14)19-16(17)18-11-12-3-9-15(10-4-12)22(2)20/h3-10H,11H2,1-2H3,(H3,17,18,19). The van der Waals surface area contributed by atoms with Crippen molar-refractivity contribution >= 4 is 22.4 Å². The van der Waals surface area contributed by atoms with Gasteiger partial charge >= 0.3 is 0 Å². The minimum Gasteiger partial charge on any atom is -0.497 e. The fourth-order valence-electron chi connectivity index (χ4n) is 1.82. The average molecular weight is 317 g/mol. The summed E-state index contributed by atoms with van der Waals surface area (Å²) in [6.07, 6.45) is 1.66. The first-order valence-corrected chi connectivity index (χ1v) is 8.27. The highest BCUT2D eigenvalue weighted by Crippen LogP contribution is 2.14. The van der Waals surface area contributed by atoms with Crippen LogP contribution < -0.4 is 15.8 Å². The maximum Gasteiger partial charge on any atom is 0.193 e. The number of aliphatic imine (C=N–C) groups is 1. The van der Waals surface area contributed by atoms with Crippen LogP contribution in [0.3, 0.4) is 0 Å². The van der Waals surface area contributed by atoms with Gasteiger partial charge in [-0.05, 0) is 42.0 Å². The minimum absolute atomic E-state index is 0.341. The summed E-state index contributed by atoms with van der Waals surface area (Å²) in [4.78, 5) is 5.09. The second kappa shape index (κ2) is 7.61. The smallest absolute Gasteiger partial charge is 0.193 e. The summed E-state index contributed by atoms with van der Waals surface area (Å²) in [5.74, 6) is 1.13. The van der Waals surface area contributed by atoms with E-state index >= 15 is 0 Å². The first kappa shape index (κ1) is 16.0. The monoisotopic (exact) mass is 317 g/mol. The molecule has 2 aromatic rings. The van der Waals surface area contributed by atoms with E-state index in [1.807, 2.05) is 48.5 Å². The summed E-state index contributed by atoms with van der Waals surface area (Å²) < 4.78 is 16.4. The summed E-state index contributed by atoms with van der Waals surface area (Å²) in [5.41, 5.74) is 7.72. The van der Waals surface area contributed by atoms with Crippen molar-refractivity contribution in [3.05, 3.63) is 54.1 Å². The van der Waals surface area contributed by atoms with Gasteiger partial charge in [0.25, 0.3) is 0 Å². The summed E-state index contributed by atoms with van der Waals surface area (Å²) in [7, 11) is 0.660. The molecule has 0 radical (unpaired) electrons. The molecule has 6 heteroatoms. The van der Waals surface area contributed by atoms with E-state index in [0.29, 0.717) is 12.5 Å². The quantitative estimate of drug-likeness (QED) is 0.655. The Balaban J connectivity index is 1.95. The zero-order valence-electron chi connectivity index (χ0n) is 12.6. The molecular formula is C16H19N3O2S. The lowest BCUT2D eigenvalue weighted by molar-refractivity contribution is 0.415. The number of rotatable bonds is 5. The molecule has 2 rings (SSSR count). The zero-order chi connectivity index (χ0) is 15.9. The Morgan fingerprint density at radius 3 is 2.36 bits per heavy atom. The molecule has 5 nitrogen and oxygen atoms in total. The van der Waals surface area contributed by atoms with Crippen LogP contribution in [0.1, 0.15) is 5.56 Å². The van der Waals surface area contributed by atoms with Crippen LogP contribution in [0, 0.1) is 0 Å². The number of methoxy groups -OCH3 is 1. The summed E-state index contributed by atoms with van der Waals surface area (Å²) in [6, 6.07) is 14.9. The zero-order valence-corrected chi connectivity index (χ0v) is 13.4. The van der Waals surface area contributed by atoms with Crippen LogP contribution in [0.4, 0.5) is 5.69 Å². The van der Waals surface area contributed by atoms with Crippen molar-refractivity contribution in [2.24, 2.45) is 10.7 Å². The fourth-order valence-corrected chi connectivity index (χ4v) is 2.34. The largest absolute Gasteiger partial charge is 0.497 e. The minimum atomic E-state index is -0.962. The number of benzene rings is 2. The second-order valence-corrected chi connectivity index (χ2v) is 6.03. The molecular weight excluding hydrogens is 298 g/mol. The first-order valence-electron chi connectivity index (χ1n) is 6.72. The molecule has 0 aliphatic carbocycles. The number of hydrogen-bond acceptors (Lipinski definition) is 3. The lowest BCUT2D eigenvalue weighted by Crippen LogP contribution is -2.22. The van der Waals surface area contributed by atoms with E-state index in [0.717, 1.165) is 21.9 Å². The fraction of sp³-hybridized carbons (Fsp3) is 0.188. The van der Waals surface area contributed by atoms with E-state index in [4.69, 9.17) is 10.5 Å². The van der Waals surface area contributed by atoms with E-state index in [1.54, 1.807) is 13.4 Å². The van der Waals surface area contributed by atoms with Crippen molar-refractivity contribution in [1.82, 2.24) is 0 Å². The number of anilines is 1. The lowest BCUT2D eigenvalue weighted by atomic mass is 10.2. The number of guanidine groups is 1. The van der Waals surface area contributed by atoms with E-state index in [9.17, 15) is 4.21 Å². The Morgan fingerprint density at radius 1 is 1.18 bits per heavy atom. The van der Waals surface area contributed by atoms with Gasteiger partial charge in [0.2, 0.25) is 0 Å². The molecule has 0 spiro atoms. The normalized spacial score (nSPS) is 12.7. The topological polar surface area (TPSA) is 76.7 Å². The first-order chi connectivity index (χ1) is 10.6. The second-order valence-electron chi connectivity index (χ2n) is 4.65. The van der Waals surface area contributed by atoms with Gasteiger partial charge in [-0.3, -0.25) is 4.21 Å². The molecule has 0 fully saturated rings. The number of nitrogens with zero attached hydrogens (tertiary/aromatic N) is 1. The maximum absolute atomic E-state index is 11.3. The molecule has 0 heterocycles. The van der Waals surface area contributed by atoms with Crippen LogP contribution in [0.2, 0.25) is 0 Å². The van der Waals surface area contributed by atoms with Gasteiger partial charge in [-0.1, -0.05) is 12.1 Å². The molecule has 1 unspecified atom stereocenters. The Kier molecular flexibility index (Phi) is 5.55. The number of nitrogens with one attached hydrogen (secondary N) is 1. The molecule has 0 aromatic heterocycles. The molecule has 0 saturated heterocycles. The van der Waals surface area contributed by atoms with Crippen molar-refractivity contribution in [1.29, 1.82) is 0 Å². The lowest BCUT2D eigenvalue weighted by Gasteiger charge is -2.07. The molecule has 22 heavy (non-hydrogen) atoms. The molecule has 0 aliphatic rings. The Hall–Kier alpha value is -2.34. The van der Waals surface area contributed by atoms with E-state index in [1.165, 1.54) is 0 Å². The van der Waals surface area contributed by atoms with Gasteiger partial charge in [0.1, 0.15) is 5.75 Å². The van der Waals surface area contributed by atoms with E-state index in [2.05, 4.69) is 10.3 Å². The van der Waals surface area contributed by atoms with Gasteiger partial charge in [0, 0.05) is 27.6 Å². The van der Waals surface area contributed by atoms with Crippen molar-refractivity contribution in [2.45, 2.75) is 11.4 Å². The third-order valence-corrected chi connectivity index (χ3v) is 3.99. The Morgan fingerprint density at radius 2 is 1.82 bits per heavy atom. The van der Waals surface area contributed by atoms with Gasteiger partial charge in [-0.2, -0.15) is 0 Å². The Labute approximate surface area is 132 Å². The van der Waals surface area contributed by atoms with Crippen LogP contribution >= 0.6 is 0 Å². The highest BCUT2D eigenvalue weighted by atomic mass is 32.2. The summed E-state index contributed by atoms with van der Waals surface area (Å²) >= 11 is 0. The predicted molar refractivity (Wildman–Crippen MR) is 90.7 cm³/mol. The van der Waals surface area contributed by atoms with E-state index in [-0.39, 0.29) is 0 Å². The Bertz CT molecular complexity index is 667. The average Bonchev–Trinajstić information content (AvgIpc) is 2.54. The number of nitrogens with two attached hydrogens (primary N) is 1. The molecule has 0 saturated carbocycles. The van der Waals surface area contributed by atoms with Gasteiger partial charge in [-0.15, -0.1) is 0 Å². The summed E-state index contributed by atoms with van der Waals surface area (Å²) in [6.45, 7) is 0.464. The number of hydrogen-bond donors (Lipinski definition) is 2. The third-order valence-electron chi connectivity index (χ3n) is 3.05. The predicted octanol–water partition coefficient (Wildman–Crippen LogP) is 2.36. The van der Waals surface area contributed by atoms with E-state index < -0.39 is 10.8 Å². The molecule has 0 bridgehead atoms. The maximum atomic E-state index is 11.3. The van der Waals surface area contributed by atoms with Gasteiger partial charge < -0.3 is 15.8 Å². The van der Waals surface area contributed by atoms with Crippen LogP contribution in [0.15, 0.2) is 58.4 Å². The third kappa shape index (κ3) is 4.60. The molecule has 1 atom stereocenters. The van der Waals surface area contributed by atoms with Crippen LogP contribution in [-0.4, -0.2) is 23.5 Å². The van der Waals surface area contributed by atoms with Crippen LogP contribution in [-0.2, 0) is 17.3 Å². The van der Waals surface area contributed by atoms with Crippen molar-refractivity contribution < 1.29 is 8.95 Å². The van der Waals surface area contributed by atoms with Gasteiger partial charge in [-0.25, -0.2) is 4.99 Å². The molecule has 116 valence electrons. The van der Waals surface area contributed by atoms with Crippen molar-refractivity contribution in [3.63, 3.8) is 0 Å². The molecule has 3 N–H and O–H groups in total. The molecule has 0 amide bonds. The number of ether oxygens (including phenoxy) is 1. The highest BCUT2D eigenvalue weighted by Gasteiger charge is 1.99. The van der Waals surface area contributed by atoms with Crippen molar-refractivity contribution in [2.75, 3.05) is 18.7 Å². The van der Waals surface area contributed by atoms with Crippen LogP contribution in [0.25, 0.3) is 0 Å². The SMILES string of the molecule is COc1ccc(NC(N)=NCc2ccc(S(C)=O)cc2)cc1. The summed E-state index contributed by atoms with van der Waals surface area (Å²) in [5, 5.41) is 3.02. The van der Waals surface area contributed by atoms with Gasteiger partial charge in [0.15, 0.2) is 5.96 Å². The molecule has 0 aliphatic heterocycles.